The molecule has 1 aromatic heterocycles. The number of β-amino-alcohol motifs (C(OH)–C–C–N with tert-alkyl or cyclic N) is 1. The van der Waals surface area contributed by atoms with Crippen LogP contribution in [0, 0.1) is 0 Å². The smallest absolute Gasteiger partial charge is 0.348 e. The average Bonchev–Trinajstić information content (AvgIpc) is 3.01. The molecule has 5 heteroatoms. The number of hydrogen-bond donors (Lipinski definition) is 1. The zero-order valence-corrected chi connectivity index (χ0v) is 13.1. The average molecular weight is 305 g/mol. The predicted octanol–water partition coefficient (Wildman–Crippen LogP) is 3.04. The summed E-state index contributed by atoms with van der Waals surface area (Å²) in [5.41, 5.74) is 0.484. The summed E-state index contributed by atoms with van der Waals surface area (Å²) in [5, 5.41) is 11.1. The fourth-order valence-corrected chi connectivity index (χ4v) is 3.67. The van der Waals surface area contributed by atoms with E-state index in [1.807, 2.05) is 32.0 Å². The highest BCUT2D eigenvalue weighted by atomic mass is 32.1. The number of nitrogens with zero attached hydrogens (tertiary/aromatic N) is 1. The van der Waals surface area contributed by atoms with Crippen molar-refractivity contribution < 1.29 is 14.6 Å². The maximum atomic E-state index is 11.8. The van der Waals surface area contributed by atoms with E-state index in [0.717, 1.165) is 28.7 Å². The van der Waals surface area contributed by atoms with E-state index in [2.05, 4.69) is 11.0 Å². The molecule has 2 heterocycles. The molecule has 0 amide bonds. The lowest BCUT2D eigenvalue weighted by Gasteiger charge is -2.20. The van der Waals surface area contributed by atoms with Gasteiger partial charge in [0.25, 0.3) is 0 Å². The molecule has 0 saturated carbocycles. The lowest BCUT2D eigenvalue weighted by molar-refractivity contribution is 0.0532. The monoisotopic (exact) mass is 305 g/mol. The summed E-state index contributed by atoms with van der Waals surface area (Å²) >= 11 is 1.45. The molecule has 3 rings (SSSR count). The molecule has 1 aromatic carbocycles. The van der Waals surface area contributed by atoms with Gasteiger partial charge in [0.2, 0.25) is 0 Å². The van der Waals surface area contributed by atoms with Gasteiger partial charge in [-0.05, 0) is 43.9 Å². The molecule has 1 aliphatic heterocycles. The third kappa shape index (κ3) is 2.89. The molecular formula is C16H19NO3S. The Hall–Kier alpha value is -1.59. The lowest BCUT2D eigenvalue weighted by Crippen LogP contribution is -2.29. The Morgan fingerprint density at radius 1 is 1.48 bits per heavy atom. The van der Waals surface area contributed by atoms with E-state index < -0.39 is 5.60 Å². The topological polar surface area (TPSA) is 49.8 Å². The zero-order chi connectivity index (χ0) is 15.0. The highest BCUT2D eigenvalue weighted by molar-refractivity contribution is 7.20. The van der Waals surface area contributed by atoms with Gasteiger partial charge in [-0.3, -0.25) is 0 Å². The molecule has 0 spiro atoms. The number of fused-ring (bicyclic) bond motifs is 1. The Bertz CT molecular complexity index is 677. The Morgan fingerprint density at radius 3 is 2.95 bits per heavy atom. The van der Waals surface area contributed by atoms with E-state index in [4.69, 9.17) is 4.74 Å². The molecule has 1 atom stereocenters. The van der Waals surface area contributed by atoms with E-state index in [0.29, 0.717) is 18.0 Å². The Labute approximate surface area is 127 Å². The molecule has 4 nitrogen and oxygen atoms in total. The second-order valence-corrected chi connectivity index (χ2v) is 6.81. The summed E-state index contributed by atoms with van der Waals surface area (Å²) in [4.78, 5) is 14.6. The molecule has 0 bridgehead atoms. The molecule has 1 N–H and O–H groups in total. The summed E-state index contributed by atoms with van der Waals surface area (Å²) < 4.78 is 6.11. The minimum absolute atomic E-state index is 0.260. The van der Waals surface area contributed by atoms with Crippen molar-refractivity contribution in [3.63, 3.8) is 0 Å². The lowest BCUT2D eigenvalue weighted by atomic mass is 10.1. The van der Waals surface area contributed by atoms with E-state index in [1.54, 1.807) is 0 Å². The van der Waals surface area contributed by atoms with Crippen LogP contribution < -0.4 is 4.90 Å². The van der Waals surface area contributed by atoms with E-state index >= 15 is 0 Å². The summed E-state index contributed by atoms with van der Waals surface area (Å²) in [6.45, 7) is 5.57. The first kappa shape index (κ1) is 14.4. The number of carbonyl (C=O) groups excluding carboxylic acids is 1. The molecule has 112 valence electrons. The fraction of sp³-hybridized carbons (Fsp3) is 0.438. The Balaban J connectivity index is 1.88. The van der Waals surface area contributed by atoms with Crippen molar-refractivity contribution in [2.24, 2.45) is 0 Å². The van der Waals surface area contributed by atoms with Crippen LogP contribution in [-0.2, 0) is 4.74 Å². The van der Waals surface area contributed by atoms with Crippen LogP contribution in [0.4, 0.5) is 5.69 Å². The largest absolute Gasteiger partial charge is 0.462 e. The second-order valence-electron chi connectivity index (χ2n) is 5.72. The number of carbonyl (C=O) groups is 1. The van der Waals surface area contributed by atoms with Crippen LogP contribution >= 0.6 is 11.3 Å². The van der Waals surface area contributed by atoms with Crippen molar-refractivity contribution in [1.82, 2.24) is 0 Å². The van der Waals surface area contributed by atoms with Crippen molar-refractivity contribution >= 4 is 33.1 Å². The highest BCUT2D eigenvalue weighted by Gasteiger charge is 2.31. The quantitative estimate of drug-likeness (QED) is 0.886. The van der Waals surface area contributed by atoms with Gasteiger partial charge in [0.05, 0.1) is 12.2 Å². The second kappa shape index (κ2) is 5.31. The van der Waals surface area contributed by atoms with Crippen molar-refractivity contribution in [2.45, 2.75) is 25.9 Å². The van der Waals surface area contributed by atoms with Crippen molar-refractivity contribution in [2.75, 3.05) is 24.6 Å². The highest BCUT2D eigenvalue weighted by Crippen LogP contribution is 2.32. The summed E-state index contributed by atoms with van der Waals surface area (Å²) in [7, 11) is 0. The van der Waals surface area contributed by atoms with Crippen LogP contribution in [-0.4, -0.2) is 36.4 Å². The molecule has 0 radical (unpaired) electrons. The first-order chi connectivity index (χ1) is 9.98. The van der Waals surface area contributed by atoms with E-state index in [-0.39, 0.29) is 5.97 Å². The third-order valence-electron chi connectivity index (χ3n) is 3.80. The number of benzene rings is 1. The fourth-order valence-electron chi connectivity index (χ4n) is 2.68. The number of esters is 1. The molecular weight excluding hydrogens is 286 g/mol. The van der Waals surface area contributed by atoms with Gasteiger partial charge in [-0.25, -0.2) is 4.79 Å². The standard InChI is InChI=1S/C16H19NO3S/c1-3-20-15(18)14-8-11-4-5-12(9-13(11)21-14)17-7-6-16(2,19)10-17/h4-5,8-9,19H,3,6-7,10H2,1-2H3. The summed E-state index contributed by atoms with van der Waals surface area (Å²) in [6.07, 6.45) is 0.781. The SMILES string of the molecule is CCOC(=O)c1cc2ccc(N3CCC(C)(O)C3)cc2s1. The maximum absolute atomic E-state index is 11.8. The summed E-state index contributed by atoms with van der Waals surface area (Å²) in [5.74, 6) is -0.260. The minimum Gasteiger partial charge on any atom is -0.462 e. The van der Waals surface area contributed by atoms with Crippen LogP contribution in [0.1, 0.15) is 29.9 Å². The molecule has 2 aromatic rings. The van der Waals surface area contributed by atoms with Crippen molar-refractivity contribution in [3.05, 3.63) is 29.1 Å². The maximum Gasteiger partial charge on any atom is 0.348 e. The van der Waals surface area contributed by atoms with Crippen LogP contribution in [0.2, 0.25) is 0 Å². The van der Waals surface area contributed by atoms with Gasteiger partial charge in [-0.15, -0.1) is 11.3 Å². The van der Waals surface area contributed by atoms with Crippen LogP contribution in [0.25, 0.3) is 10.1 Å². The normalized spacial score (nSPS) is 22.0. The number of hydrogen-bond acceptors (Lipinski definition) is 5. The molecule has 1 unspecified atom stereocenters. The van der Waals surface area contributed by atoms with Gasteiger partial charge < -0.3 is 14.7 Å². The van der Waals surface area contributed by atoms with Gasteiger partial charge in [-0.1, -0.05) is 6.07 Å². The van der Waals surface area contributed by atoms with Gasteiger partial charge in [0.15, 0.2) is 0 Å². The Morgan fingerprint density at radius 2 is 2.29 bits per heavy atom. The number of anilines is 1. The van der Waals surface area contributed by atoms with Crippen molar-refractivity contribution in [1.29, 1.82) is 0 Å². The molecule has 21 heavy (non-hydrogen) atoms. The number of aliphatic hydroxyl groups is 1. The summed E-state index contributed by atoms with van der Waals surface area (Å²) in [6, 6.07) is 8.04. The van der Waals surface area contributed by atoms with Crippen molar-refractivity contribution in [3.8, 4) is 0 Å². The number of ether oxygens (including phenoxy) is 1. The van der Waals surface area contributed by atoms with E-state index in [9.17, 15) is 9.90 Å². The molecule has 0 aliphatic carbocycles. The molecule has 1 aliphatic rings. The molecule has 1 saturated heterocycles. The first-order valence-electron chi connectivity index (χ1n) is 7.16. The van der Waals surface area contributed by atoms with Crippen LogP contribution in [0.15, 0.2) is 24.3 Å². The number of rotatable bonds is 3. The van der Waals surface area contributed by atoms with Crippen LogP contribution in [0.3, 0.4) is 0 Å². The first-order valence-corrected chi connectivity index (χ1v) is 7.98. The molecule has 1 fully saturated rings. The van der Waals surface area contributed by atoms with Crippen LogP contribution in [0.5, 0.6) is 0 Å². The van der Waals surface area contributed by atoms with Gasteiger partial charge in [-0.2, -0.15) is 0 Å². The third-order valence-corrected chi connectivity index (χ3v) is 4.88. The minimum atomic E-state index is -0.611. The number of thiophene rings is 1. The van der Waals surface area contributed by atoms with E-state index in [1.165, 1.54) is 11.3 Å². The predicted molar refractivity (Wildman–Crippen MR) is 85.2 cm³/mol. The van der Waals surface area contributed by atoms with Gasteiger partial charge in [0, 0.05) is 23.5 Å². The van der Waals surface area contributed by atoms with Gasteiger partial charge >= 0.3 is 5.97 Å². The van der Waals surface area contributed by atoms with Gasteiger partial charge in [0.1, 0.15) is 4.88 Å². The zero-order valence-electron chi connectivity index (χ0n) is 12.3. The Kier molecular flexibility index (Phi) is 3.63.